The molecule has 1 aliphatic carbocycles. The molecule has 1 aliphatic rings. The normalized spacial score (nSPS) is 22.4. The minimum Gasteiger partial charge on any atom is -0.393 e. The first kappa shape index (κ1) is 16.7. The molecule has 2 rings (SSSR count). The lowest BCUT2D eigenvalue weighted by Gasteiger charge is -2.25. The first-order valence-corrected chi connectivity index (χ1v) is 7.09. The number of benzene rings is 1. The zero-order valence-electron chi connectivity index (χ0n) is 11.8. The molecule has 0 aliphatic heterocycles. The Hall–Kier alpha value is -1.63. The maximum Gasteiger partial charge on any atom is 0.416 e. The molecular formula is C15H17F4NO2. The van der Waals surface area contributed by atoms with Gasteiger partial charge in [0, 0.05) is 18.0 Å². The average Bonchev–Trinajstić information content (AvgIpc) is 2.44. The zero-order valence-corrected chi connectivity index (χ0v) is 11.8. The van der Waals surface area contributed by atoms with E-state index in [-0.39, 0.29) is 23.9 Å². The van der Waals surface area contributed by atoms with Crippen LogP contribution in [0.1, 0.15) is 36.8 Å². The smallest absolute Gasteiger partial charge is 0.393 e. The Labute approximate surface area is 125 Å². The Bertz CT molecular complexity index is 545. The first-order valence-electron chi connectivity index (χ1n) is 7.09. The zero-order chi connectivity index (χ0) is 16.3. The summed E-state index contributed by atoms with van der Waals surface area (Å²) in [5, 5.41) is 12.0. The number of hydrogen-bond donors (Lipinski definition) is 2. The molecule has 3 nitrogen and oxygen atoms in total. The predicted octanol–water partition coefficient (Wildman–Crippen LogP) is 3.01. The third-order valence-electron chi connectivity index (χ3n) is 3.85. The molecule has 1 amide bonds. The van der Waals surface area contributed by atoms with Crippen LogP contribution in [0, 0.1) is 11.7 Å². The van der Waals surface area contributed by atoms with E-state index < -0.39 is 23.7 Å². The van der Waals surface area contributed by atoms with Crippen LogP contribution in [0.25, 0.3) is 0 Å². The summed E-state index contributed by atoms with van der Waals surface area (Å²) in [6.07, 6.45) is -2.68. The van der Waals surface area contributed by atoms with Gasteiger partial charge in [-0.1, -0.05) is 12.5 Å². The number of alkyl halides is 3. The fourth-order valence-corrected chi connectivity index (χ4v) is 2.60. The van der Waals surface area contributed by atoms with Crippen LogP contribution in [0.3, 0.4) is 0 Å². The summed E-state index contributed by atoms with van der Waals surface area (Å²) in [5.41, 5.74) is -1.06. The molecule has 2 atom stereocenters. The number of hydrogen-bond acceptors (Lipinski definition) is 2. The Kier molecular flexibility index (Phi) is 5.05. The highest BCUT2D eigenvalue weighted by atomic mass is 19.4. The predicted molar refractivity (Wildman–Crippen MR) is 71.2 cm³/mol. The van der Waals surface area contributed by atoms with Gasteiger partial charge in [0.1, 0.15) is 5.82 Å². The van der Waals surface area contributed by atoms with Crippen molar-refractivity contribution in [2.24, 2.45) is 5.92 Å². The Morgan fingerprint density at radius 1 is 1.32 bits per heavy atom. The number of rotatable bonds is 3. The Morgan fingerprint density at radius 3 is 2.64 bits per heavy atom. The second kappa shape index (κ2) is 6.64. The molecule has 0 spiro atoms. The fourth-order valence-electron chi connectivity index (χ4n) is 2.60. The van der Waals surface area contributed by atoms with E-state index in [1.54, 1.807) is 0 Å². The summed E-state index contributed by atoms with van der Waals surface area (Å²) >= 11 is 0. The largest absolute Gasteiger partial charge is 0.416 e. The summed E-state index contributed by atoms with van der Waals surface area (Å²) in [4.78, 5) is 11.9. The van der Waals surface area contributed by atoms with E-state index in [4.69, 9.17) is 0 Å². The summed E-state index contributed by atoms with van der Waals surface area (Å²) < 4.78 is 50.9. The van der Waals surface area contributed by atoms with Gasteiger partial charge in [-0.15, -0.1) is 0 Å². The molecule has 0 heterocycles. The van der Waals surface area contributed by atoms with E-state index in [0.717, 1.165) is 18.6 Å². The van der Waals surface area contributed by atoms with Gasteiger partial charge < -0.3 is 10.4 Å². The quantitative estimate of drug-likeness (QED) is 0.842. The van der Waals surface area contributed by atoms with Gasteiger partial charge in [0.2, 0.25) is 5.91 Å². The molecule has 2 N–H and O–H groups in total. The summed E-state index contributed by atoms with van der Waals surface area (Å²) in [5.74, 6) is -1.64. The van der Waals surface area contributed by atoms with Crippen molar-refractivity contribution >= 4 is 5.91 Å². The van der Waals surface area contributed by atoms with E-state index in [0.29, 0.717) is 25.3 Å². The van der Waals surface area contributed by atoms with Gasteiger partial charge in [0.05, 0.1) is 11.7 Å². The van der Waals surface area contributed by atoms with Crippen molar-refractivity contribution in [1.29, 1.82) is 0 Å². The molecule has 7 heteroatoms. The lowest BCUT2D eigenvalue weighted by molar-refractivity contribution is -0.137. The highest BCUT2D eigenvalue weighted by Gasteiger charge is 2.31. The van der Waals surface area contributed by atoms with E-state index in [2.05, 4.69) is 5.32 Å². The van der Waals surface area contributed by atoms with Crippen LogP contribution < -0.4 is 5.32 Å². The number of aliphatic hydroxyl groups excluding tert-OH is 1. The Balaban J connectivity index is 1.95. The lowest BCUT2D eigenvalue weighted by atomic mass is 9.86. The molecule has 0 saturated heterocycles. The van der Waals surface area contributed by atoms with Crippen LogP contribution in [0.15, 0.2) is 18.2 Å². The lowest BCUT2D eigenvalue weighted by Crippen LogP contribution is -2.34. The fraction of sp³-hybridized carbons (Fsp3) is 0.533. The van der Waals surface area contributed by atoms with Crippen molar-refractivity contribution in [1.82, 2.24) is 5.32 Å². The molecule has 0 bridgehead atoms. The molecule has 122 valence electrons. The summed E-state index contributed by atoms with van der Waals surface area (Å²) in [6.45, 7) is -0.171. The van der Waals surface area contributed by atoms with Gasteiger partial charge in [0.15, 0.2) is 0 Å². The molecular weight excluding hydrogens is 302 g/mol. The monoisotopic (exact) mass is 319 g/mol. The first-order chi connectivity index (χ1) is 10.3. The summed E-state index contributed by atoms with van der Waals surface area (Å²) in [7, 11) is 0. The van der Waals surface area contributed by atoms with Crippen molar-refractivity contribution in [3.05, 3.63) is 35.1 Å². The number of carbonyl (C=O) groups excluding carboxylic acids is 1. The molecule has 0 radical (unpaired) electrons. The van der Waals surface area contributed by atoms with Crippen LogP contribution in [0.5, 0.6) is 0 Å². The minimum atomic E-state index is -4.60. The van der Waals surface area contributed by atoms with E-state index >= 15 is 0 Å². The number of carbonyl (C=O) groups is 1. The van der Waals surface area contributed by atoms with Gasteiger partial charge in [-0.2, -0.15) is 13.2 Å². The van der Waals surface area contributed by atoms with Gasteiger partial charge in [0.25, 0.3) is 0 Å². The average molecular weight is 319 g/mol. The maximum atomic E-state index is 13.6. The molecule has 1 aromatic carbocycles. The minimum absolute atomic E-state index is 0.00212. The van der Waals surface area contributed by atoms with Crippen LogP contribution in [0.2, 0.25) is 0 Å². The second-order valence-corrected chi connectivity index (χ2v) is 5.54. The second-order valence-electron chi connectivity index (χ2n) is 5.54. The third kappa shape index (κ3) is 4.19. The van der Waals surface area contributed by atoms with Crippen molar-refractivity contribution in [3.63, 3.8) is 0 Å². The molecule has 1 fully saturated rings. The highest BCUT2D eigenvalue weighted by Crippen LogP contribution is 2.30. The third-order valence-corrected chi connectivity index (χ3v) is 3.85. The number of nitrogens with one attached hydrogen (secondary N) is 1. The number of halogens is 4. The number of aliphatic hydroxyl groups is 1. The van der Waals surface area contributed by atoms with Crippen LogP contribution in [-0.4, -0.2) is 17.1 Å². The van der Waals surface area contributed by atoms with Crippen LogP contribution in [-0.2, 0) is 17.5 Å². The standard InChI is InChI=1S/C15H17F4NO2/c16-13-7-11(15(17,18)19)5-4-10(13)8-20-14(22)9-2-1-3-12(21)6-9/h4-5,7,9,12,21H,1-3,6,8H2,(H,20,22)/t9-,12+/m0/s1. The molecule has 22 heavy (non-hydrogen) atoms. The highest BCUT2D eigenvalue weighted by molar-refractivity contribution is 5.78. The molecule has 1 aromatic rings. The van der Waals surface area contributed by atoms with E-state index in [1.807, 2.05) is 0 Å². The van der Waals surface area contributed by atoms with Crippen LogP contribution >= 0.6 is 0 Å². The van der Waals surface area contributed by atoms with Crippen molar-refractivity contribution in [2.75, 3.05) is 0 Å². The van der Waals surface area contributed by atoms with E-state index in [9.17, 15) is 27.5 Å². The maximum absolute atomic E-state index is 13.6. The molecule has 0 aromatic heterocycles. The Morgan fingerprint density at radius 2 is 2.05 bits per heavy atom. The topological polar surface area (TPSA) is 49.3 Å². The van der Waals surface area contributed by atoms with Gasteiger partial charge in [-0.25, -0.2) is 4.39 Å². The van der Waals surface area contributed by atoms with E-state index in [1.165, 1.54) is 0 Å². The van der Waals surface area contributed by atoms with Gasteiger partial charge >= 0.3 is 6.18 Å². The van der Waals surface area contributed by atoms with Gasteiger partial charge in [-0.05, 0) is 31.4 Å². The van der Waals surface area contributed by atoms with Gasteiger partial charge in [-0.3, -0.25) is 4.79 Å². The van der Waals surface area contributed by atoms with Crippen molar-refractivity contribution < 1.29 is 27.5 Å². The SMILES string of the molecule is O=C(NCc1ccc(C(F)(F)F)cc1F)[C@H]1CCC[C@@H](O)C1. The summed E-state index contributed by atoms with van der Waals surface area (Å²) in [6, 6.07) is 2.23. The molecule has 0 unspecified atom stereocenters. The van der Waals surface area contributed by atoms with Crippen molar-refractivity contribution in [3.8, 4) is 0 Å². The van der Waals surface area contributed by atoms with Crippen LogP contribution in [0.4, 0.5) is 17.6 Å². The van der Waals surface area contributed by atoms with Crippen molar-refractivity contribution in [2.45, 2.75) is 44.5 Å². The molecule has 1 saturated carbocycles. The number of amides is 1.